The van der Waals surface area contributed by atoms with Crippen molar-refractivity contribution < 1.29 is 4.74 Å². The first kappa shape index (κ1) is 17.0. The molecule has 2 heterocycles. The Morgan fingerprint density at radius 1 is 1.07 bits per heavy atom. The van der Waals surface area contributed by atoms with Crippen LogP contribution in [-0.4, -0.2) is 31.2 Å². The van der Waals surface area contributed by atoms with Crippen molar-refractivity contribution in [3.8, 4) is 11.4 Å². The second kappa shape index (κ2) is 7.03. The molecule has 0 aliphatic rings. The molecule has 4 rings (SSSR count). The van der Waals surface area contributed by atoms with Crippen molar-refractivity contribution in [1.82, 2.24) is 24.5 Å². The third-order valence-electron chi connectivity index (χ3n) is 4.42. The quantitative estimate of drug-likeness (QED) is 0.546. The Kier molecular flexibility index (Phi) is 4.42. The molecule has 2 aromatic heterocycles. The van der Waals surface area contributed by atoms with Crippen LogP contribution in [0, 0.1) is 6.92 Å². The second-order valence-corrected chi connectivity index (χ2v) is 6.20. The molecule has 4 aromatic rings. The fourth-order valence-electron chi connectivity index (χ4n) is 2.95. The molecule has 27 heavy (non-hydrogen) atoms. The highest BCUT2D eigenvalue weighted by atomic mass is 16.5. The van der Waals surface area contributed by atoms with Gasteiger partial charge in [-0.25, -0.2) is 4.98 Å². The first-order valence-electron chi connectivity index (χ1n) is 8.76. The van der Waals surface area contributed by atoms with Crippen LogP contribution in [0.5, 0.6) is 5.75 Å². The van der Waals surface area contributed by atoms with Crippen molar-refractivity contribution in [3.05, 3.63) is 76.3 Å². The van der Waals surface area contributed by atoms with Gasteiger partial charge in [-0.1, -0.05) is 29.5 Å². The minimum Gasteiger partial charge on any atom is -0.494 e. The van der Waals surface area contributed by atoms with Crippen LogP contribution in [0.3, 0.4) is 0 Å². The highest BCUT2D eigenvalue weighted by Crippen LogP contribution is 2.17. The maximum Gasteiger partial charge on any atom is 0.283 e. The van der Waals surface area contributed by atoms with Gasteiger partial charge in [0.25, 0.3) is 5.56 Å². The van der Waals surface area contributed by atoms with E-state index in [1.807, 2.05) is 62.4 Å². The van der Waals surface area contributed by atoms with Gasteiger partial charge in [0, 0.05) is 0 Å². The molecule has 0 fully saturated rings. The van der Waals surface area contributed by atoms with Gasteiger partial charge in [0.15, 0.2) is 11.2 Å². The van der Waals surface area contributed by atoms with Crippen molar-refractivity contribution >= 4 is 11.2 Å². The van der Waals surface area contributed by atoms with Gasteiger partial charge in [-0.05, 0) is 49.2 Å². The average molecular weight is 361 g/mol. The predicted octanol–water partition coefficient (Wildman–Crippen LogP) is 2.73. The van der Waals surface area contributed by atoms with Crippen LogP contribution in [0.25, 0.3) is 16.9 Å². The smallest absolute Gasteiger partial charge is 0.283 e. The number of hydrogen-bond acceptors (Lipinski definition) is 5. The summed E-state index contributed by atoms with van der Waals surface area (Å²) in [6, 6.07) is 15.4. The molecule has 0 amide bonds. The molecule has 0 atom stereocenters. The highest BCUT2D eigenvalue weighted by Gasteiger charge is 2.14. The fraction of sp³-hybridized carbons (Fsp3) is 0.200. The van der Waals surface area contributed by atoms with Crippen LogP contribution in [0.1, 0.15) is 18.1 Å². The summed E-state index contributed by atoms with van der Waals surface area (Å²) in [6.07, 6.45) is 1.55. The Labute approximate surface area is 155 Å². The van der Waals surface area contributed by atoms with Gasteiger partial charge in [0.05, 0.1) is 18.8 Å². The lowest BCUT2D eigenvalue weighted by molar-refractivity contribution is 0.340. The van der Waals surface area contributed by atoms with Gasteiger partial charge in [0.2, 0.25) is 0 Å². The number of aryl methyl sites for hydroxylation is 1. The summed E-state index contributed by atoms with van der Waals surface area (Å²) in [5, 5.41) is 8.18. The topological polar surface area (TPSA) is 74.8 Å². The first-order chi connectivity index (χ1) is 13.2. The number of benzene rings is 2. The summed E-state index contributed by atoms with van der Waals surface area (Å²) in [7, 11) is 0. The first-order valence-corrected chi connectivity index (χ1v) is 8.76. The summed E-state index contributed by atoms with van der Waals surface area (Å²) >= 11 is 0. The van der Waals surface area contributed by atoms with E-state index in [-0.39, 0.29) is 11.1 Å². The van der Waals surface area contributed by atoms with Crippen molar-refractivity contribution in [1.29, 1.82) is 0 Å². The Morgan fingerprint density at radius 3 is 2.59 bits per heavy atom. The van der Waals surface area contributed by atoms with E-state index in [0.29, 0.717) is 18.8 Å². The standard InChI is InChI=1S/C20H19N5O2/c1-3-27-17-10-8-16(9-11-17)25-19-18(22-23-25)20(26)24(13-21-19)12-15-7-5-4-6-14(15)2/h4-11,13H,3,12H2,1-2H3. The highest BCUT2D eigenvalue weighted by molar-refractivity contribution is 5.70. The van der Waals surface area contributed by atoms with Crippen LogP contribution in [0.4, 0.5) is 0 Å². The number of aromatic nitrogens is 5. The van der Waals surface area contributed by atoms with Crippen LogP contribution in [0.2, 0.25) is 0 Å². The van der Waals surface area contributed by atoms with E-state index in [1.54, 1.807) is 15.6 Å². The minimum absolute atomic E-state index is 0.208. The summed E-state index contributed by atoms with van der Waals surface area (Å²) in [5.74, 6) is 0.777. The summed E-state index contributed by atoms with van der Waals surface area (Å²) in [5.41, 5.74) is 3.44. The molecule has 0 bridgehead atoms. The lowest BCUT2D eigenvalue weighted by Gasteiger charge is -2.08. The Balaban J connectivity index is 1.71. The Hall–Kier alpha value is -3.48. The number of hydrogen-bond donors (Lipinski definition) is 0. The molecule has 0 saturated carbocycles. The number of rotatable bonds is 5. The van der Waals surface area contributed by atoms with Crippen molar-refractivity contribution in [2.45, 2.75) is 20.4 Å². The largest absolute Gasteiger partial charge is 0.494 e. The molecule has 136 valence electrons. The molecule has 7 nitrogen and oxygen atoms in total. The molecule has 0 aliphatic heterocycles. The Morgan fingerprint density at radius 2 is 1.85 bits per heavy atom. The molecule has 7 heteroatoms. The molecular weight excluding hydrogens is 342 g/mol. The van der Waals surface area contributed by atoms with E-state index in [1.165, 1.54) is 0 Å². The van der Waals surface area contributed by atoms with Crippen LogP contribution in [-0.2, 0) is 6.54 Å². The molecule has 2 aromatic carbocycles. The second-order valence-electron chi connectivity index (χ2n) is 6.20. The van der Waals surface area contributed by atoms with E-state index < -0.39 is 0 Å². The van der Waals surface area contributed by atoms with Crippen molar-refractivity contribution in [2.75, 3.05) is 6.61 Å². The van der Waals surface area contributed by atoms with E-state index in [4.69, 9.17) is 4.74 Å². The van der Waals surface area contributed by atoms with Crippen LogP contribution < -0.4 is 10.3 Å². The molecule has 0 aliphatic carbocycles. The summed E-state index contributed by atoms with van der Waals surface area (Å²) < 4.78 is 8.57. The van der Waals surface area contributed by atoms with Gasteiger partial charge in [-0.3, -0.25) is 9.36 Å². The molecule has 0 saturated heterocycles. The minimum atomic E-state index is -0.208. The average Bonchev–Trinajstić information content (AvgIpc) is 3.11. The number of ether oxygens (including phenoxy) is 1. The van der Waals surface area contributed by atoms with E-state index >= 15 is 0 Å². The van der Waals surface area contributed by atoms with Gasteiger partial charge in [-0.15, -0.1) is 5.10 Å². The monoisotopic (exact) mass is 361 g/mol. The van der Waals surface area contributed by atoms with Gasteiger partial charge >= 0.3 is 0 Å². The predicted molar refractivity (Wildman–Crippen MR) is 102 cm³/mol. The zero-order valence-corrected chi connectivity index (χ0v) is 15.2. The number of fused-ring (bicyclic) bond motifs is 1. The summed E-state index contributed by atoms with van der Waals surface area (Å²) in [4.78, 5) is 17.2. The Bertz CT molecular complexity index is 1150. The van der Waals surface area contributed by atoms with E-state index in [2.05, 4.69) is 15.3 Å². The molecular formula is C20H19N5O2. The third-order valence-corrected chi connectivity index (χ3v) is 4.42. The molecule has 0 unspecified atom stereocenters. The zero-order valence-electron chi connectivity index (χ0n) is 15.2. The maximum absolute atomic E-state index is 12.8. The SMILES string of the molecule is CCOc1ccc(-n2nnc3c(=O)n(Cc4ccccc4C)cnc32)cc1. The van der Waals surface area contributed by atoms with E-state index in [9.17, 15) is 4.79 Å². The normalized spacial score (nSPS) is 11.0. The lowest BCUT2D eigenvalue weighted by Crippen LogP contribution is -2.22. The van der Waals surface area contributed by atoms with E-state index in [0.717, 1.165) is 22.6 Å². The van der Waals surface area contributed by atoms with Crippen LogP contribution >= 0.6 is 0 Å². The van der Waals surface area contributed by atoms with Crippen molar-refractivity contribution in [2.24, 2.45) is 0 Å². The third kappa shape index (κ3) is 3.19. The maximum atomic E-state index is 12.8. The van der Waals surface area contributed by atoms with Crippen LogP contribution in [0.15, 0.2) is 59.7 Å². The number of nitrogens with zero attached hydrogens (tertiary/aromatic N) is 5. The molecule has 0 spiro atoms. The molecule has 0 radical (unpaired) electrons. The fourth-order valence-corrected chi connectivity index (χ4v) is 2.95. The molecule has 0 N–H and O–H groups in total. The lowest BCUT2D eigenvalue weighted by atomic mass is 10.1. The van der Waals surface area contributed by atoms with Gasteiger partial charge in [-0.2, -0.15) is 4.68 Å². The zero-order chi connectivity index (χ0) is 18.8. The summed E-state index contributed by atoms with van der Waals surface area (Å²) in [6.45, 7) is 5.01. The van der Waals surface area contributed by atoms with Crippen molar-refractivity contribution in [3.63, 3.8) is 0 Å². The van der Waals surface area contributed by atoms with Gasteiger partial charge < -0.3 is 4.74 Å². The van der Waals surface area contributed by atoms with Gasteiger partial charge in [0.1, 0.15) is 12.1 Å².